The predicted octanol–water partition coefficient (Wildman–Crippen LogP) is 2.32. The van der Waals surface area contributed by atoms with Crippen molar-refractivity contribution in [1.82, 2.24) is 10.6 Å². The summed E-state index contributed by atoms with van der Waals surface area (Å²) < 4.78 is 14.1. The maximum Gasteiger partial charge on any atom is 0.254 e. The molecule has 0 aliphatic rings. The van der Waals surface area contributed by atoms with Crippen LogP contribution in [0.2, 0.25) is 0 Å². The quantitative estimate of drug-likeness (QED) is 0.792. The number of nitrogens with one attached hydrogen (secondary N) is 2. The fraction of sp³-hybridized carbons (Fsp3) is 0.417. The number of rotatable bonds is 6. The van der Waals surface area contributed by atoms with E-state index in [1.54, 1.807) is 6.07 Å². The number of amides is 1. The summed E-state index contributed by atoms with van der Waals surface area (Å²) in [5.74, 6) is -0.880. The molecule has 1 rings (SSSR count). The zero-order chi connectivity index (χ0) is 12.7. The molecule has 0 heterocycles. The third kappa shape index (κ3) is 4.83. The molecule has 2 N–H and O–H groups in total. The maximum absolute atomic E-state index is 13.4. The van der Waals surface area contributed by atoms with Gasteiger partial charge in [0.05, 0.1) is 5.56 Å². The van der Waals surface area contributed by atoms with Gasteiger partial charge in [-0.1, -0.05) is 22.9 Å². The van der Waals surface area contributed by atoms with Gasteiger partial charge in [0.1, 0.15) is 5.82 Å². The maximum atomic E-state index is 13.4. The van der Waals surface area contributed by atoms with Gasteiger partial charge in [-0.3, -0.25) is 4.79 Å². The molecule has 1 aromatic carbocycles. The van der Waals surface area contributed by atoms with Gasteiger partial charge in [-0.25, -0.2) is 4.39 Å². The minimum Gasteiger partial charge on any atom is -0.352 e. The third-order valence-corrected chi connectivity index (χ3v) is 2.73. The topological polar surface area (TPSA) is 41.1 Å². The Kier molecular flexibility index (Phi) is 6.15. The second-order valence-electron chi connectivity index (χ2n) is 3.59. The molecule has 0 radical (unpaired) electrons. The average molecular weight is 303 g/mol. The Labute approximate surface area is 109 Å². The minimum atomic E-state index is -0.511. The Balaban J connectivity index is 2.42. The van der Waals surface area contributed by atoms with Crippen molar-refractivity contribution in [2.45, 2.75) is 13.3 Å². The van der Waals surface area contributed by atoms with Crippen molar-refractivity contribution in [3.8, 4) is 0 Å². The number of hydrogen-bond acceptors (Lipinski definition) is 2. The highest BCUT2D eigenvalue weighted by Crippen LogP contribution is 2.14. The van der Waals surface area contributed by atoms with Gasteiger partial charge >= 0.3 is 0 Å². The molecular weight excluding hydrogens is 287 g/mol. The number of benzene rings is 1. The second-order valence-corrected chi connectivity index (χ2v) is 4.50. The number of hydrogen-bond donors (Lipinski definition) is 2. The van der Waals surface area contributed by atoms with E-state index in [0.717, 1.165) is 19.5 Å². The van der Waals surface area contributed by atoms with Crippen molar-refractivity contribution in [1.29, 1.82) is 0 Å². The van der Waals surface area contributed by atoms with Gasteiger partial charge in [0, 0.05) is 11.0 Å². The molecule has 17 heavy (non-hydrogen) atoms. The molecule has 0 bridgehead atoms. The standard InChI is InChI=1S/C12H16BrFN2O/c1-2-15-6-3-7-16-12(17)10-5-4-9(13)8-11(10)14/h4-5,8,15H,2-3,6-7H2,1H3,(H,16,17). The van der Waals surface area contributed by atoms with Crippen molar-refractivity contribution >= 4 is 21.8 Å². The molecule has 1 aromatic rings. The largest absolute Gasteiger partial charge is 0.352 e. The van der Waals surface area contributed by atoms with Crippen LogP contribution in [0.5, 0.6) is 0 Å². The van der Waals surface area contributed by atoms with Crippen LogP contribution in [-0.2, 0) is 0 Å². The van der Waals surface area contributed by atoms with Gasteiger partial charge in [-0.15, -0.1) is 0 Å². The number of halogens is 2. The molecule has 0 saturated carbocycles. The van der Waals surface area contributed by atoms with Gasteiger partial charge in [-0.2, -0.15) is 0 Å². The first-order valence-corrected chi connectivity index (χ1v) is 6.38. The molecule has 5 heteroatoms. The Bertz CT molecular complexity index is 385. The summed E-state index contributed by atoms with van der Waals surface area (Å²) in [4.78, 5) is 11.6. The van der Waals surface area contributed by atoms with E-state index >= 15 is 0 Å². The van der Waals surface area contributed by atoms with Crippen LogP contribution in [0.15, 0.2) is 22.7 Å². The zero-order valence-corrected chi connectivity index (χ0v) is 11.3. The lowest BCUT2D eigenvalue weighted by molar-refractivity contribution is 0.0949. The van der Waals surface area contributed by atoms with E-state index < -0.39 is 5.82 Å². The first-order chi connectivity index (χ1) is 8.15. The van der Waals surface area contributed by atoms with Gasteiger partial charge in [0.2, 0.25) is 0 Å². The molecule has 0 fully saturated rings. The summed E-state index contributed by atoms with van der Waals surface area (Å²) in [5, 5.41) is 5.83. The van der Waals surface area contributed by atoms with Crippen LogP contribution in [0.3, 0.4) is 0 Å². The van der Waals surface area contributed by atoms with Crippen molar-refractivity contribution in [3.63, 3.8) is 0 Å². The summed E-state index contributed by atoms with van der Waals surface area (Å²) >= 11 is 3.15. The average Bonchev–Trinajstić information content (AvgIpc) is 2.28. The molecule has 0 aromatic heterocycles. The van der Waals surface area contributed by atoms with E-state index in [4.69, 9.17) is 0 Å². The monoisotopic (exact) mass is 302 g/mol. The lowest BCUT2D eigenvalue weighted by Crippen LogP contribution is -2.27. The molecule has 94 valence electrons. The minimum absolute atomic E-state index is 0.0802. The second kappa shape index (κ2) is 7.40. The first-order valence-electron chi connectivity index (χ1n) is 5.59. The molecule has 0 spiro atoms. The molecule has 0 aliphatic carbocycles. The summed E-state index contributed by atoms with van der Waals surface area (Å²) in [5.41, 5.74) is 0.0802. The smallest absolute Gasteiger partial charge is 0.254 e. The van der Waals surface area contributed by atoms with Gasteiger partial charge in [0.25, 0.3) is 5.91 Å². The highest BCUT2D eigenvalue weighted by molar-refractivity contribution is 9.10. The molecule has 0 unspecified atom stereocenters. The van der Waals surface area contributed by atoms with Crippen LogP contribution >= 0.6 is 15.9 Å². The van der Waals surface area contributed by atoms with E-state index in [2.05, 4.69) is 26.6 Å². The summed E-state index contributed by atoms with van der Waals surface area (Å²) in [6.07, 6.45) is 0.831. The van der Waals surface area contributed by atoms with Crippen molar-refractivity contribution in [3.05, 3.63) is 34.1 Å². The Hall–Kier alpha value is -0.940. The third-order valence-electron chi connectivity index (χ3n) is 2.24. The Morgan fingerprint density at radius 1 is 1.41 bits per heavy atom. The van der Waals surface area contributed by atoms with Crippen LogP contribution in [-0.4, -0.2) is 25.5 Å². The van der Waals surface area contributed by atoms with Gasteiger partial charge in [0.15, 0.2) is 0 Å². The summed E-state index contributed by atoms with van der Waals surface area (Å²) in [7, 11) is 0. The predicted molar refractivity (Wildman–Crippen MR) is 69.6 cm³/mol. The van der Waals surface area contributed by atoms with Crippen LogP contribution in [0.1, 0.15) is 23.7 Å². The Morgan fingerprint density at radius 2 is 2.18 bits per heavy atom. The van der Waals surface area contributed by atoms with E-state index in [9.17, 15) is 9.18 Å². The molecule has 0 atom stereocenters. The van der Waals surface area contributed by atoms with Crippen LogP contribution in [0, 0.1) is 5.82 Å². The van der Waals surface area contributed by atoms with Crippen molar-refractivity contribution < 1.29 is 9.18 Å². The highest BCUT2D eigenvalue weighted by atomic mass is 79.9. The zero-order valence-electron chi connectivity index (χ0n) is 9.72. The number of carbonyl (C=O) groups is 1. The first kappa shape index (κ1) is 14.1. The normalized spacial score (nSPS) is 10.3. The van der Waals surface area contributed by atoms with Gasteiger partial charge < -0.3 is 10.6 Å². The van der Waals surface area contributed by atoms with Crippen molar-refractivity contribution in [2.24, 2.45) is 0 Å². The molecule has 0 aliphatic heterocycles. The fourth-order valence-corrected chi connectivity index (χ4v) is 1.69. The van der Waals surface area contributed by atoms with Crippen LogP contribution in [0.4, 0.5) is 4.39 Å². The Morgan fingerprint density at radius 3 is 2.82 bits per heavy atom. The van der Waals surface area contributed by atoms with Crippen LogP contribution < -0.4 is 10.6 Å². The van der Waals surface area contributed by atoms with Gasteiger partial charge in [-0.05, 0) is 37.7 Å². The SMILES string of the molecule is CCNCCCNC(=O)c1ccc(Br)cc1F. The molecule has 1 amide bonds. The summed E-state index contributed by atoms with van der Waals surface area (Å²) in [6.45, 7) is 4.33. The summed E-state index contributed by atoms with van der Waals surface area (Å²) in [6, 6.07) is 4.41. The van der Waals surface area contributed by atoms with E-state index in [1.165, 1.54) is 12.1 Å². The van der Waals surface area contributed by atoms with E-state index in [0.29, 0.717) is 11.0 Å². The molecular formula is C12H16BrFN2O. The highest BCUT2D eigenvalue weighted by Gasteiger charge is 2.10. The molecule has 0 saturated heterocycles. The lowest BCUT2D eigenvalue weighted by Gasteiger charge is -2.06. The molecule has 3 nitrogen and oxygen atoms in total. The number of carbonyl (C=O) groups excluding carboxylic acids is 1. The fourth-order valence-electron chi connectivity index (χ4n) is 1.36. The van der Waals surface area contributed by atoms with E-state index in [1.807, 2.05) is 6.92 Å². The van der Waals surface area contributed by atoms with Crippen LogP contribution in [0.25, 0.3) is 0 Å². The lowest BCUT2D eigenvalue weighted by atomic mass is 10.2. The van der Waals surface area contributed by atoms with Crippen molar-refractivity contribution in [2.75, 3.05) is 19.6 Å². The van der Waals surface area contributed by atoms with E-state index in [-0.39, 0.29) is 11.5 Å².